The summed E-state index contributed by atoms with van der Waals surface area (Å²) in [5, 5.41) is 0. The minimum absolute atomic E-state index is 0.0480. The number of carbonyl (C=O) groups excluding carboxylic acids is 1. The summed E-state index contributed by atoms with van der Waals surface area (Å²) in [6, 6.07) is 9.06. The van der Waals surface area contributed by atoms with Gasteiger partial charge in [-0.3, -0.25) is 9.78 Å². The van der Waals surface area contributed by atoms with Crippen molar-refractivity contribution in [1.29, 1.82) is 0 Å². The van der Waals surface area contributed by atoms with Crippen LogP contribution in [0.5, 0.6) is 0 Å². The first kappa shape index (κ1) is 18.5. The number of carbonyl (C=O) groups is 1. The molecule has 0 spiro atoms. The fourth-order valence-electron chi connectivity index (χ4n) is 2.64. The van der Waals surface area contributed by atoms with Crippen molar-refractivity contribution >= 4 is 15.9 Å². The second kappa shape index (κ2) is 7.51. The van der Waals surface area contributed by atoms with Crippen LogP contribution in [0.25, 0.3) is 0 Å². The molecule has 0 bridgehead atoms. The smallest absolute Gasteiger partial charge is 0.244 e. The van der Waals surface area contributed by atoms with Gasteiger partial charge >= 0.3 is 0 Å². The van der Waals surface area contributed by atoms with E-state index in [0.717, 1.165) is 22.7 Å². The van der Waals surface area contributed by atoms with Crippen LogP contribution >= 0.6 is 0 Å². The molecule has 138 valence electrons. The third-order valence-corrected chi connectivity index (χ3v) is 6.06. The minimum Gasteiger partial charge on any atom is -0.334 e. The monoisotopic (exact) mass is 377 g/mol. The number of sulfonamides is 1. The third kappa shape index (κ3) is 4.25. The van der Waals surface area contributed by atoms with E-state index in [-0.39, 0.29) is 29.2 Å². The fourth-order valence-corrected chi connectivity index (χ4v) is 3.72. The van der Waals surface area contributed by atoms with Gasteiger partial charge in [0, 0.05) is 32.0 Å². The molecular formula is C18H20FN3O3S. The Hall–Kier alpha value is -2.32. The SMILES string of the molecule is CN(CC(=O)N(Cc1ccc(F)cc1)C1CC1)S(=O)(=O)c1cccnc1. The number of hydrogen-bond acceptors (Lipinski definition) is 4. The van der Waals surface area contributed by atoms with E-state index in [9.17, 15) is 17.6 Å². The molecular weight excluding hydrogens is 357 g/mol. The lowest BCUT2D eigenvalue weighted by atomic mass is 10.2. The summed E-state index contributed by atoms with van der Waals surface area (Å²) in [6.45, 7) is 0.0828. The van der Waals surface area contributed by atoms with Gasteiger partial charge in [0.1, 0.15) is 10.7 Å². The highest BCUT2D eigenvalue weighted by molar-refractivity contribution is 7.89. The Kier molecular flexibility index (Phi) is 5.33. The predicted molar refractivity (Wildman–Crippen MR) is 94.0 cm³/mol. The number of amides is 1. The molecule has 1 amide bonds. The number of nitrogens with zero attached hydrogens (tertiary/aromatic N) is 3. The molecule has 1 aromatic carbocycles. The zero-order valence-corrected chi connectivity index (χ0v) is 15.2. The molecule has 3 rings (SSSR count). The van der Waals surface area contributed by atoms with Crippen LogP contribution in [0, 0.1) is 5.82 Å². The Balaban J connectivity index is 1.71. The molecule has 26 heavy (non-hydrogen) atoms. The fraction of sp³-hybridized carbons (Fsp3) is 0.333. The van der Waals surface area contributed by atoms with Gasteiger partial charge in [-0.05, 0) is 42.7 Å². The quantitative estimate of drug-likeness (QED) is 0.740. The van der Waals surface area contributed by atoms with Crippen molar-refractivity contribution in [3.63, 3.8) is 0 Å². The van der Waals surface area contributed by atoms with Crippen LogP contribution in [0.4, 0.5) is 4.39 Å². The van der Waals surface area contributed by atoms with Gasteiger partial charge in [-0.1, -0.05) is 12.1 Å². The lowest BCUT2D eigenvalue weighted by molar-refractivity contribution is -0.132. The molecule has 1 saturated carbocycles. The van der Waals surface area contributed by atoms with E-state index in [1.165, 1.54) is 43.7 Å². The molecule has 2 aromatic rings. The van der Waals surface area contributed by atoms with E-state index in [2.05, 4.69) is 4.98 Å². The van der Waals surface area contributed by atoms with E-state index >= 15 is 0 Å². The van der Waals surface area contributed by atoms with E-state index in [4.69, 9.17) is 0 Å². The highest BCUT2D eigenvalue weighted by Crippen LogP contribution is 2.29. The van der Waals surface area contributed by atoms with Gasteiger partial charge in [0.05, 0.1) is 6.54 Å². The molecule has 0 radical (unpaired) electrons. The number of aromatic nitrogens is 1. The summed E-state index contributed by atoms with van der Waals surface area (Å²) in [5.74, 6) is -0.605. The molecule has 0 N–H and O–H groups in total. The van der Waals surface area contributed by atoms with Crippen molar-refractivity contribution in [3.05, 3.63) is 60.2 Å². The topological polar surface area (TPSA) is 70.6 Å². The number of rotatable bonds is 7. The molecule has 0 atom stereocenters. The second-order valence-corrected chi connectivity index (χ2v) is 8.37. The standard InChI is InChI=1S/C18H20FN3O3S/c1-21(26(24,25)17-3-2-10-20-11-17)13-18(23)22(16-8-9-16)12-14-4-6-15(19)7-5-14/h2-7,10-11,16H,8-9,12-13H2,1H3. The Morgan fingerprint density at radius 2 is 1.92 bits per heavy atom. The summed E-state index contributed by atoms with van der Waals surface area (Å²) in [6.07, 6.45) is 4.53. The van der Waals surface area contributed by atoms with E-state index in [0.29, 0.717) is 6.54 Å². The van der Waals surface area contributed by atoms with Gasteiger partial charge in [0.2, 0.25) is 15.9 Å². The number of hydrogen-bond donors (Lipinski definition) is 0. The van der Waals surface area contributed by atoms with Crippen molar-refractivity contribution in [2.24, 2.45) is 0 Å². The van der Waals surface area contributed by atoms with Crippen LogP contribution in [0.15, 0.2) is 53.7 Å². The molecule has 1 aromatic heterocycles. The summed E-state index contributed by atoms with van der Waals surface area (Å²) < 4.78 is 39.2. The summed E-state index contributed by atoms with van der Waals surface area (Å²) in [5.41, 5.74) is 0.810. The first-order valence-electron chi connectivity index (χ1n) is 8.28. The minimum atomic E-state index is -3.78. The molecule has 6 nitrogen and oxygen atoms in total. The van der Waals surface area contributed by atoms with Crippen LogP contribution in [0.3, 0.4) is 0 Å². The second-order valence-electron chi connectivity index (χ2n) is 6.33. The maximum atomic E-state index is 13.1. The number of benzene rings is 1. The van der Waals surface area contributed by atoms with Crippen LogP contribution in [0.1, 0.15) is 18.4 Å². The lowest BCUT2D eigenvalue weighted by Crippen LogP contribution is -2.41. The molecule has 1 fully saturated rings. The van der Waals surface area contributed by atoms with Crippen LogP contribution in [-0.2, 0) is 21.4 Å². The Morgan fingerprint density at radius 3 is 2.50 bits per heavy atom. The van der Waals surface area contributed by atoms with Crippen molar-refractivity contribution in [3.8, 4) is 0 Å². The van der Waals surface area contributed by atoms with Gasteiger partial charge < -0.3 is 4.90 Å². The Labute approximate surface area is 152 Å². The van der Waals surface area contributed by atoms with E-state index in [1.54, 1.807) is 17.0 Å². The number of pyridine rings is 1. The summed E-state index contributed by atoms with van der Waals surface area (Å²) >= 11 is 0. The Morgan fingerprint density at radius 1 is 1.23 bits per heavy atom. The van der Waals surface area contributed by atoms with Crippen molar-refractivity contribution in [2.45, 2.75) is 30.3 Å². The Bertz CT molecular complexity index is 868. The van der Waals surface area contributed by atoms with Crippen molar-refractivity contribution < 1.29 is 17.6 Å². The van der Waals surface area contributed by atoms with Crippen LogP contribution in [-0.4, -0.2) is 48.1 Å². The number of halogens is 1. The molecule has 0 unspecified atom stereocenters. The van der Waals surface area contributed by atoms with E-state index < -0.39 is 10.0 Å². The van der Waals surface area contributed by atoms with Crippen LogP contribution in [0.2, 0.25) is 0 Å². The van der Waals surface area contributed by atoms with E-state index in [1.807, 2.05) is 0 Å². The molecule has 1 heterocycles. The first-order valence-corrected chi connectivity index (χ1v) is 9.72. The van der Waals surface area contributed by atoms with Gasteiger partial charge in [0.15, 0.2) is 0 Å². The molecule has 0 aliphatic heterocycles. The van der Waals surface area contributed by atoms with Crippen molar-refractivity contribution in [2.75, 3.05) is 13.6 Å². The zero-order chi connectivity index (χ0) is 18.7. The molecule has 0 saturated heterocycles. The summed E-state index contributed by atoms with van der Waals surface area (Å²) in [7, 11) is -2.40. The number of likely N-dealkylation sites (N-methyl/N-ethyl adjacent to an activating group) is 1. The third-order valence-electron chi connectivity index (χ3n) is 4.27. The highest BCUT2D eigenvalue weighted by atomic mass is 32.2. The summed E-state index contributed by atoms with van der Waals surface area (Å²) in [4.78, 5) is 18.2. The predicted octanol–water partition coefficient (Wildman–Crippen LogP) is 2.03. The maximum Gasteiger partial charge on any atom is 0.244 e. The molecule has 1 aliphatic carbocycles. The van der Waals surface area contributed by atoms with Gasteiger partial charge in [-0.2, -0.15) is 4.31 Å². The molecule has 1 aliphatic rings. The van der Waals surface area contributed by atoms with Crippen molar-refractivity contribution in [1.82, 2.24) is 14.2 Å². The molecule has 8 heteroatoms. The van der Waals surface area contributed by atoms with Gasteiger partial charge in [-0.25, -0.2) is 12.8 Å². The first-order chi connectivity index (χ1) is 12.4. The van der Waals surface area contributed by atoms with Gasteiger partial charge in [0.25, 0.3) is 0 Å². The lowest BCUT2D eigenvalue weighted by Gasteiger charge is -2.25. The normalized spacial score (nSPS) is 14.4. The zero-order valence-electron chi connectivity index (χ0n) is 14.4. The largest absolute Gasteiger partial charge is 0.334 e. The van der Waals surface area contributed by atoms with Crippen LogP contribution < -0.4 is 0 Å². The maximum absolute atomic E-state index is 13.1. The van der Waals surface area contributed by atoms with Gasteiger partial charge in [-0.15, -0.1) is 0 Å². The average Bonchev–Trinajstić information content (AvgIpc) is 3.46. The highest BCUT2D eigenvalue weighted by Gasteiger charge is 2.34. The average molecular weight is 377 g/mol.